The Morgan fingerprint density at radius 2 is 1.79 bits per heavy atom. The molecule has 1 amide bonds. The second kappa shape index (κ2) is 10.6. The molecule has 5 rings (SSSR count). The lowest BCUT2D eigenvalue weighted by molar-refractivity contribution is -0.118. The average molecular weight is 544 g/mol. The van der Waals surface area contributed by atoms with Gasteiger partial charge in [0.25, 0.3) is 0 Å². The van der Waals surface area contributed by atoms with Crippen LogP contribution < -0.4 is 15.5 Å². The zero-order chi connectivity index (χ0) is 27.0. The van der Waals surface area contributed by atoms with Crippen LogP contribution in [0.2, 0.25) is 5.02 Å². The topological polar surface area (TPSA) is 62.2 Å². The third-order valence-corrected chi connectivity index (χ3v) is 7.61. The van der Waals surface area contributed by atoms with E-state index in [2.05, 4.69) is 49.5 Å². The number of aryl methyl sites for hydroxylation is 2. The molecule has 4 aromatic rings. The number of aromatic nitrogens is 2. The number of hydrogen-bond donors (Lipinski definition) is 2. The molecule has 1 fully saturated rings. The summed E-state index contributed by atoms with van der Waals surface area (Å²) < 4.78 is 2.18. The Morgan fingerprint density at radius 3 is 2.47 bits per heavy atom. The highest BCUT2D eigenvalue weighted by atomic mass is 35.5. The van der Waals surface area contributed by atoms with Crippen LogP contribution in [0, 0.1) is 19.8 Å². The Labute approximate surface area is 233 Å². The minimum atomic E-state index is -0.182. The van der Waals surface area contributed by atoms with E-state index in [9.17, 15) is 4.79 Å². The lowest BCUT2D eigenvalue weighted by Gasteiger charge is -2.29. The number of nitrogens with one attached hydrogen (secondary N) is 2. The molecule has 0 aliphatic carbocycles. The Balaban J connectivity index is 1.61. The number of carbonyl (C=O) groups excluding carboxylic acids is 1. The van der Waals surface area contributed by atoms with E-state index in [1.807, 2.05) is 76.2 Å². The van der Waals surface area contributed by atoms with Crippen LogP contribution in [-0.2, 0) is 4.79 Å². The number of pyridine rings is 1. The summed E-state index contributed by atoms with van der Waals surface area (Å²) in [7, 11) is 0. The first-order chi connectivity index (χ1) is 18.2. The molecule has 2 aromatic heterocycles. The van der Waals surface area contributed by atoms with Gasteiger partial charge >= 0.3 is 0 Å². The molecule has 0 unspecified atom stereocenters. The summed E-state index contributed by atoms with van der Waals surface area (Å²) in [6, 6.07) is 21.8. The fraction of sp³-hybridized carbons (Fsp3) is 0.233. The number of hydrogen-bond acceptors (Lipinski definition) is 3. The first-order valence-corrected chi connectivity index (χ1v) is 13.4. The van der Waals surface area contributed by atoms with Crippen molar-refractivity contribution in [1.82, 2.24) is 14.9 Å². The van der Waals surface area contributed by atoms with Crippen LogP contribution in [0.5, 0.6) is 0 Å². The molecule has 38 heavy (non-hydrogen) atoms. The molecule has 0 radical (unpaired) electrons. The monoisotopic (exact) mass is 543 g/mol. The highest BCUT2D eigenvalue weighted by molar-refractivity contribution is 7.80. The molecular formula is C30H30ClN5OS. The summed E-state index contributed by atoms with van der Waals surface area (Å²) in [5.41, 5.74) is 6.69. The predicted octanol–water partition coefficient (Wildman–Crippen LogP) is 6.91. The largest absolute Gasteiger partial charge is 0.351 e. The summed E-state index contributed by atoms with van der Waals surface area (Å²) in [5, 5.41) is 7.90. The molecule has 0 spiro atoms. The molecule has 2 N–H and O–H groups in total. The number of halogens is 1. The number of benzene rings is 2. The van der Waals surface area contributed by atoms with E-state index in [0.29, 0.717) is 5.11 Å². The fourth-order valence-electron chi connectivity index (χ4n) is 4.80. The van der Waals surface area contributed by atoms with Gasteiger partial charge in [0.2, 0.25) is 5.91 Å². The number of nitrogens with zero attached hydrogens (tertiary/aromatic N) is 3. The van der Waals surface area contributed by atoms with Gasteiger partial charge in [-0.2, -0.15) is 0 Å². The van der Waals surface area contributed by atoms with Crippen molar-refractivity contribution < 1.29 is 4.79 Å². The van der Waals surface area contributed by atoms with Crippen molar-refractivity contribution in [1.29, 1.82) is 0 Å². The summed E-state index contributed by atoms with van der Waals surface area (Å²) in [6.45, 7) is 7.77. The summed E-state index contributed by atoms with van der Waals surface area (Å²) in [6.07, 6.45) is 3.86. The Hall–Kier alpha value is -3.68. The van der Waals surface area contributed by atoms with E-state index in [1.54, 1.807) is 6.20 Å². The Morgan fingerprint density at radius 1 is 1.03 bits per heavy atom. The maximum Gasteiger partial charge on any atom is 0.226 e. The van der Waals surface area contributed by atoms with Crippen molar-refractivity contribution in [3.63, 3.8) is 0 Å². The predicted molar refractivity (Wildman–Crippen MR) is 158 cm³/mol. The van der Waals surface area contributed by atoms with Crippen LogP contribution in [0.25, 0.3) is 5.69 Å². The Bertz CT molecular complexity index is 1500. The third kappa shape index (κ3) is 4.91. The fourth-order valence-corrected chi connectivity index (χ4v) is 5.26. The first kappa shape index (κ1) is 25.9. The number of amides is 1. The molecule has 1 aliphatic heterocycles. The molecular weight excluding hydrogens is 514 g/mol. The first-order valence-electron chi connectivity index (χ1n) is 12.6. The maximum atomic E-state index is 12.3. The van der Waals surface area contributed by atoms with Crippen molar-refractivity contribution in [2.45, 2.75) is 39.8 Å². The van der Waals surface area contributed by atoms with Crippen LogP contribution in [0.3, 0.4) is 0 Å². The highest BCUT2D eigenvalue weighted by Crippen LogP contribution is 2.43. The van der Waals surface area contributed by atoms with Gasteiger partial charge in [-0.05, 0) is 97.9 Å². The summed E-state index contributed by atoms with van der Waals surface area (Å²) in [5.74, 6) is -0.111. The molecule has 1 aliphatic rings. The van der Waals surface area contributed by atoms with Gasteiger partial charge in [-0.25, -0.2) is 0 Å². The van der Waals surface area contributed by atoms with Gasteiger partial charge in [0, 0.05) is 46.1 Å². The summed E-state index contributed by atoms with van der Waals surface area (Å²) in [4.78, 5) is 19.1. The van der Waals surface area contributed by atoms with Crippen LogP contribution >= 0.6 is 23.8 Å². The van der Waals surface area contributed by atoms with E-state index >= 15 is 0 Å². The molecule has 1 saturated heterocycles. The second-order valence-corrected chi connectivity index (χ2v) is 10.7. The van der Waals surface area contributed by atoms with Crippen molar-refractivity contribution in [2.24, 2.45) is 5.92 Å². The van der Waals surface area contributed by atoms with Crippen molar-refractivity contribution >= 4 is 46.2 Å². The zero-order valence-electron chi connectivity index (χ0n) is 21.8. The maximum absolute atomic E-state index is 12.3. The van der Waals surface area contributed by atoms with Crippen LogP contribution in [0.4, 0.5) is 11.4 Å². The van der Waals surface area contributed by atoms with Gasteiger partial charge in [-0.1, -0.05) is 31.5 Å². The lowest BCUT2D eigenvalue weighted by Crippen LogP contribution is -2.30. The van der Waals surface area contributed by atoms with Crippen LogP contribution in [0.15, 0.2) is 79.1 Å². The van der Waals surface area contributed by atoms with Crippen molar-refractivity contribution in [3.05, 3.63) is 107 Å². The second-order valence-electron chi connectivity index (χ2n) is 9.88. The van der Waals surface area contributed by atoms with E-state index < -0.39 is 0 Å². The van der Waals surface area contributed by atoms with E-state index in [4.69, 9.17) is 23.8 Å². The van der Waals surface area contributed by atoms with E-state index in [1.165, 1.54) is 0 Å². The van der Waals surface area contributed by atoms with Gasteiger partial charge in [0.05, 0.1) is 11.7 Å². The number of rotatable bonds is 6. The number of carbonyl (C=O) groups is 1. The van der Waals surface area contributed by atoms with Crippen molar-refractivity contribution in [3.8, 4) is 5.69 Å². The molecule has 8 heteroatoms. The van der Waals surface area contributed by atoms with Gasteiger partial charge in [0.15, 0.2) is 5.11 Å². The van der Waals surface area contributed by atoms with Crippen LogP contribution in [-0.4, -0.2) is 20.6 Å². The smallest absolute Gasteiger partial charge is 0.226 e. The van der Waals surface area contributed by atoms with Gasteiger partial charge in [-0.3, -0.25) is 9.78 Å². The third-order valence-electron chi connectivity index (χ3n) is 6.87. The minimum Gasteiger partial charge on any atom is -0.351 e. The van der Waals surface area contributed by atoms with E-state index in [-0.39, 0.29) is 23.9 Å². The van der Waals surface area contributed by atoms with Crippen molar-refractivity contribution in [2.75, 3.05) is 10.2 Å². The zero-order valence-corrected chi connectivity index (χ0v) is 23.3. The molecule has 2 atom stereocenters. The standard InChI is InChI=1S/C30H30ClN5OS/c1-18(2)29(37)33-24-13-11-22(17-20(24)4)36-28(27(34-30(36)38)25-8-5-6-14-32-25)26-9-7-15-35(26)21-10-12-23(31)19(3)16-21/h5-18,27-28H,1-4H3,(H,33,37)(H,34,38)/t27-,28-/m1/s1. The SMILES string of the molecule is Cc1cc(-n2cccc2[C@@H]2[C@@H](c3ccccn3)NC(=S)N2c2ccc(NC(=O)C(C)C)c(C)c2)ccc1Cl. The van der Waals surface area contributed by atoms with E-state index in [0.717, 1.165) is 44.6 Å². The molecule has 0 bridgehead atoms. The molecule has 3 heterocycles. The minimum absolute atomic E-state index is 0.0108. The Kier molecular flexibility index (Phi) is 7.23. The molecule has 2 aromatic carbocycles. The van der Waals surface area contributed by atoms with Gasteiger partial charge in [0.1, 0.15) is 6.04 Å². The number of anilines is 2. The molecule has 6 nitrogen and oxygen atoms in total. The average Bonchev–Trinajstić information content (AvgIpc) is 3.51. The highest BCUT2D eigenvalue weighted by Gasteiger charge is 2.42. The summed E-state index contributed by atoms with van der Waals surface area (Å²) >= 11 is 12.3. The van der Waals surface area contributed by atoms with Gasteiger partial charge < -0.3 is 20.1 Å². The lowest BCUT2D eigenvalue weighted by atomic mass is 10.00. The molecule has 0 saturated carbocycles. The number of thiocarbonyl (C=S) groups is 1. The molecule has 194 valence electrons. The normalized spacial score (nSPS) is 17.1. The van der Waals surface area contributed by atoms with Crippen LogP contribution in [0.1, 0.15) is 48.4 Å². The van der Waals surface area contributed by atoms with Gasteiger partial charge in [-0.15, -0.1) is 0 Å². The quantitative estimate of drug-likeness (QED) is 0.259.